The Morgan fingerprint density at radius 2 is 1.87 bits per heavy atom. The molecule has 1 fully saturated rings. The minimum atomic E-state index is -4.57. The molecule has 3 aromatic heterocycles. The van der Waals surface area contributed by atoms with Crippen molar-refractivity contribution in [2.24, 2.45) is 5.92 Å². The standard InChI is InChI=1S/C21H15F3N4O2/c22-21(23,24)10-28-16-7-14(8-25-18(16)17-15(20(28)30)9-26-27-17)11-1-3-12(4-2-11)19(29)13-5-6-13/h1-4,7-9,13H,5-6,10H2,(H,26,27). The molecule has 1 N–H and O–H groups in total. The molecule has 0 saturated heterocycles. The number of nitrogens with zero attached hydrogens (tertiary/aromatic N) is 3. The van der Waals surface area contributed by atoms with Gasteiger partial charge in [0, 0.05) is 23.2 Å². The number of aromatic amines is 1. The third kappa shape index (κ3) is 3.16. The highest BCUT2D eigenvalue weighted by molar-refractivity contribution is 6.02. The van der Waals surface area contributed by atoms with Crippen LogP contribution in [0.3, 0.4) is 0 Å². The summed E-state index contributed by atoms with van der Waals surface area (Å²) in [6, 6.07) is 8.40. The molecule has 0 radical (unpaired) electrons. The summed E-state index contributed by atoms with van der Waals surface area (Å²) in [7, 11) is 0. The highest BCUT2D eigenvalue weighted by Gasteiger charge is 2.31. The second-order valence-electron chi connectivity index (χ2n) is 7.47. The maximum atomic E-state index is 13.2. The number of Topliss-reactive ketones (excluding diaryl/α,β-unsaturated/α-hetero) is 1. The van der Waals surface area contributed by atoms with Gasteiger partial charge in [-0.1, -0.05) is 24.3 Å². The summed E-state index contributed by atoms with van der Waals surface area (Å²) in [6.45, 7) is -1.43. The van der Waals surface area contributed by atoms with Gasteiger partial charge >= 0.3 is 6.18 Å². The lowest BCUT2D eigenvalue weighted by Gasteiger charge is -2.14. The Morgan fingerprint density at radius 1 is 1.13 bits per heavy atom. The summed E-state index contributed by atoms with van der Waals surface area (Å²) < 4.78 is 40.1. The van der Waals surface area contributed by atoms with Crippen LogP contribution in [0.25, 0.3) is 33.1 Å². The van der Waals surface area contributed by atoms with Crippen LogP contribution >= 0.6 is 0 Å². The van der Waals surface area contributed by atoms with Gasteiger partial charge in [-0.2, -0.15) is 18.3 Å². The quantitative estimate of drug-likeness (QED) is 0.512. The summed E-state index contributed by atoms with van der Waals surface area (Å²) in [5.74, 6) is 0.214. The lowest BCUT2D eigenvalue weighted by molar-refractivity contribution is -0.140. The van der Waals surface area contributed by atoms with E-state index < -0.39 is 18.3 Å². The third-order valence-corrected chi connectivity index (χ3v) is 5.30. The third-order valence-electron chi connectivity index (χ3n) is 5.30. The first-order valence-electron chi connectivity index (χ1n) is 9.39. The molecule has 5 rings (SSSR count). The second kappa shape index (κ2) is 6.51. The smallest absolute Gasteiger partial charge is 0.297 e. The van der Waals surface area contributed by atoms with E-state index in [-0.39, 0.29) is 28.1 Å². The largest absolute Gasteiger partial charge is 0.406 e. The van der Waals surface area contributed by atoms with Crippen LogP contribution in [0, 0.1) is 5.92 Å². The Kier molecular flexibility index (Phi) is 4.02. The highest BCUT2D eigenvalue weighted by atomic mass is 19.4. The average molecular weight is 412 g/mol. The average Bonchev–Trinajstić information content (AvgIpc) is 3.46. The van der Waals surface area contributed by atoms with Crippen LogP contribution in [-0.4, -0.2) is 31.7 Å². The maximum absolute atomic E-state index is 13.2. The van der Waals surface area contributed by atoms with Crippen molar-refractivity contribution in [3.05, 3.63) is 58.6 Å². The van der Waals surface area contributed by atoms with Crippen molar-refractivity contribution < 1.29 is 18.0 Å². The summed E-state index contributed by atoms with van der Waals surface area (Å²) >= 11 is 0. The van der Waals surface area contributed by atoms with E-state index in [0.29, 0.717) is 26.8 Å². The van der Waals surface area contributed by atoms with Crippen molar-refractivity contribution in [2.45, 2.75) is 25.6 Å². The molecule has 0 unspecified atom stereocenters. The summed E-state index contributed by atoms with van der Waals surface area (Å²) in [4.78, 5) is 29.2. The molecule has 0 spiro atoms. The number of halogens is 3. The normalized spacial score (nSPS) is 14.5. The Bertz CT molecular complexity index is 1350. The zero-order valence-electron chi connectivity index (χ0n) is 15.5. The fourth-order valence-corrected chi connectivity index (χ4v) is 3.64. The minimum Gasteiger partial charge on any atom is -0.297 e. The molecule has 1 aliphatic carbocycles. The summed E-state index contributed by atoms with van der Waals surface area (Å²) in [6.07, 6.45) is -0.0190. The first kappa shape index (κ1) is 18.5. The van der Waals surface area contributed by atoms with Crippen LogP contribution in [0.15, 0.2) is 47.5 Å². The molecule has 1 aliphatic rings. The Hall–Kier alpha value is -3.49. The molecular weight excluding hydrogens is 397 g/mol. The number of hydrogen-bond donors (Lipinski definition) is 1. The molecule has 0 bridgehead atoms. The van der Waals surface area contributed by atoms with E-state index in [9.17, 15) is 22.8 Å². The molecular formula is C21H15F3N4O2. The van der Waals surface area contributed by atoms with E-state index >= 15 is 0 Å². The molecule has 0 atom stereocenters. The van der Waals surface area contributed by atoms with Crippen molar-refractivity contribution in [3.8, 4) is 11.1 Å². The van der Waals surface area contributed by atoms with Gasteiger partial charge in [0.05, 0.1) is 22.6 Å². The van der Waals surface area contributed by atoms with Crippen LogP contribution < -0.4 is 5.56 Å². The molecule has 152 valence electrons. The molecule has 30 heavy (non-hydrogen) atoms. The number of rotatable bonds is 4. The van der Waals surface area contributed by atoms with E-state index in [1.165, 1.54) is 18.5 Å². The molecule has 4 aromatic rings. The van der Waals surface area contributed by atoms with Crippen molar-refractivity contribution >= 4 is 27.7 Å². The van der Waals surface area contributed by atoms with Crippen molar-refractivity contribution in [2.75, 3.05) is 0 Å². The number of pyridine rings is 2. The molecule has 3 heterocycles. The number of hydrogen-bond acceptors (Lipinski definition) is 4. The van der Waals surface area contributed by atoms with Crippen molar-refractivity contribution in [1.29, 1.82) is 0 Å². The molecule has 6 nitrogen and oxygen atoms in total. The lowest BCUT2D eigenvalue weighted by Crippen LogP contribution is -2.28. The second-order valence-corrected chi connectivity index (χ2v) is 7.47. The van der Waals surface area contributed by atoms with Gasteiger partial charge in [0.15, 0.2) is 5.78 Å². The van der Waals surface area contributed by atoms with E-state index in [1.54, 1.807) is 24.3 Å². The number of alkyl halides is 3. The topological polar surface area (TPSA) is 80.6 Å². The Morgan fingerprint density at radius 3 is 2.53 bits per heavy atom. The zero-order chi connectivity index (χ0) is 21.0. The molecule has 9 heteroatoms. The first-order chi connectivity index (χ1) is 14.3. The predicted molar refractivity (Wildman–Crippen MR) is 104 cm³/mol. The number of aromatic nitrogens is 4. The van der Waals surface area contributed by atoms with Gasteiger partial charge in [-0.15, -0.1) is 0 Å². The highest BCUT2D eigenvalue weighted by Crippen LogP contribution is 2.33. The van der Waals surface area contributed by atoms with Crippen LogP contribution in [0.2, 0.25) is 0 Å². The first-order valence-corrected chi connectivity index (χ1v) is 9.39. The zero-order valence-corrected chi connectivity index (χ0v) is 15.5. The van der Waals surface area contributed by atoms with Crippen LogP contribution in [0.4, 0.5) is 13.2 Å². The molecule has 0 amide bonds. The number of benzene rings is 1. The van der Waals surface area contributed by atoms with Gasteiger partial charge in [-0.3, -0.25) is 24.2 Å². The predicted octanol–water partition coefficient (Wildman–Crippen LogP) is 4.09. The van der Waals surface area contributed by atoms with Crippen molar-refractivity contribution in [3.63, 3.8) is 0 Å². The van der Waals surface area contributed by atoms with Gasteiger partial charge in [0.25, 0.3) is 5.56 Å². The summed E-state index contributed by atoms with van der Waals surface area (Å²) in [5, 5.41) is 6.48. The molecule has 0 aliphatic heterocycles. The monoisotopic (exact) mass is 412 g/mol. The number of fused-ring (bicyclic) bond motifs is 3. The number of carbonyl (C=O) groups excluding carboxylic acids is 1. The summed E-state index contributed by atoms with van der Waals surface area (Å²) in [5.41, 5.74) is 1.65. The Labute approximate surface area is 167 Å². The lowest BCUT2D eigenvalue weighted by atomic mass is 10.0. The van der Waals surface area contributed by atoms with Crippen molar-refractivity contribution in [1.82, 2.24) is 19.7 Å². The van der Waals surface area contributed by atoms with Gasteiger partial charge in [-0.05, 0) is 24.5 Å². The van der Waals surface area contributed by atoms with Gasteiger partial charge < -0.3 is 0 Å². The van der Waals surface area contributed by atoms with Gasteiger partial charge in [-0.25, -0.2) is 0 Å². The number of nitrogens with one attached hydrogen (secondary N) is 1. The molecule has 1 saturated carbocycles. The van der Waals surface area contributed by atoms with Crippen LogP contribution in [-0.2, 0) is 6.54 Å². The minimum absolute atomic E-state index is 0.0509. The van der Waals surface area contributed by atoms with Crippen LogP contribution in [0.1, 0.15) is 23.2 Å². The van der Waals surface area contributed by atoms with E-state index in [1.807, 2.05) is 0 Å². The number of carbonyl (C=O) groups is 1. The SMILES string of the molecule is O=C(c1ccc(-c2cnc3c4[nH]ncc4c(=O)n(CC(F)(F)F)c3c2)cc1)C1CC1. The van der Waals surface area contributed by atoms with Crippen LogP contribution in [0.5, 0.6) is 0 Å². The Balaban J connectivity index is 1.65. The number of H-pyrrole nitrogens is 1. The number of ketones is 1. The fraction of sp³-hybridized carbons (Fsp3) is 0.238. The van der Waals surface area contributed by atoms with Gasteiger partial charge in [0.1, 0.15) is 12.1 Å². The van der Waals surface area contributed by atoms with E-state index in [0.717, 1.165) is 12.8 Å². The maximum Gasteiger partial charge on any atom is 0.406 e. The fourth-order valence-electron chi connectivity index (χ4n) is 3.64. The van der Waals surface area contributed by atoms with E-state index in [2.05, 4.69) is 15.2 Å². The molecule has 1 aromatic carbocycles. The van der Waals surface area contributed by atoms with Gasteiger partial charge in [0.2, 0.25) is 0 Å². The van der Waals surface area contributed by atoms with E-state index in [4.69, 9.17) is 0 Å².